The predicted octanol–water partition coefficient (Wildman–Crippen LogP) is 1.66. The highest BCUT2D eigenvalue weighted by Gasteiger charge is 2.25. The highest BCUT2D eigenvalue weighted by Crippen LogP contribution is 2.17. The molecule has 0 radical (unpaired) electrons. The topological polar surface area (TPSA) is 52.6 Å². The Morgan fingerprint density at radius 3 is 2.14 bits per heavy atom. The summed E-state index contributed by atoms with van der Waals surface area (Å²) in [5, 5.41) is 0. The molecule has 0 spiro atoms. The van der Waals surface area contributed by atoms with Crippen molar-refractivity contribution < 1.29 is 19.1 Å². The highest BCUT2D eigenvalue weighted by atomic mass is 79.9. The lowest BCUT2D eigenvalue weighted by Gasteiger charge is -2.14. The Morgan fingerprint density at radius 1 is 1.21 bits per heavy atom. The molecule has 0 heterocycles. The van der Waals surface area contributed by atoms with Gasteiger partial charge in [-0.3, -0.25) is 9.59 Å². The first kappa shape index (κ1) is 13.4. The van der Waals surface area contributed by atoms with Crippen LogP contribution in [0.15, 0.2) is 0 Å². The lowest BCUT2D eigenvalue weighted by atomic mass is 10.2. The van der Waals surface area contributed by atoms with Gasteiger partial charge in [-0.05, 0) is 13.8 Å². The van der Waals surface area contributed by atoms with Crippen molar-refractivity contribution in [3.63, 3.8) is 0 Å². The third-order valence-electron chi connectivity index (χ3n) is 1.35. The molecule has 0 rings (SSSR count). The zero-order valence-electron chi connectivity index (χ0n) is 8.63. The summed E-state index contributed by atoms with van der Waals surface area (Å²) in [6, 6.07) is 0. The summed E-state index contributed by atoms with van der Waals surface area (Å²) >= 11 is 3.16. The Kier molecular flexibility index (Phi) is 5.76. The second kappa shape index (κ2) is 6.01. The Balaban J connectivity index is 3.56. The molecule has 5 heteroatoms. The fourth-order valence-electron chi connectivity index (χ4n) is 0.564. The average Bonchev–Trinajstić information content (AvgIpc) is 2.09. The van der Waals surface area contributed by atoms with Crippen LogP contribution in [0.25, 0.3) is 0 Å². The van der Waals surface area contributed by atoms with Gasteiger partial charge in [0.15, 0.2) is 0 Å². The molecule has 0 aliphatic carbocycles. The molecule has 0 aliphatic heterocycles. The van der Waals surface area contributed by atoms with Crippen LogP contribution in [0.4, 0.5) is 0 Å². The molecule has 0 atom stereocenters. The third kappa shape index (κ3) is 5.96. The maximum absolute atomic E-state index is 11.2. The number of halogens is 1. The molecule has 0 unspecified atom stereocenters. The predicted molar refractivity (Wildman–Crippen MR) is 55.2 cm³/mol. The van der Waals surface area contributed by atoms with Crippen molar-refractivity contribution in [3.05, 3.63) is 0 Å². The van der Waals surface area contributed by atoms with Gasteiger partial charge < -0.3 is 9.47 Å². The van der Waals surface area contributed by atoms with Crippen molar-refractivity contribution in [3.8, 4) is 0 Å². The fourth-order valence-corrected chi connectivity index (χ4v) is 0.678. The van der Waals surface area contributed by atoms with Gasteiger partial charge in [0.2, 0.25) is 0 Å². The summed E-state index contributed by atoms with van der Waals surface area (Å²) < 4.78 is 8.87. The first-order valence-electron chi connectivity index (χ1n) is 4.39. The second-order valence-electron chi connectivity index (χ2n) is 3.18. The van der Waals surface area contributed by atoms with E-state index in [1.165, 1.54) is 0 Å². The van der Waals surface area contributed by atoms with E-state index in [9.17, 15) is 9.59 Å². The van der Waals surface area contributed by atoms with Crippen LogP contribution >= 0.6 is 15.9 Å². The van der Waals surface area contributed by atoms with Crippen LogP contribution in [-0.2, 0) is 19.1 Å². The van der Waals surface area contributed by atoms with E-state index >= 15 is 0 Å². The van der Waals surface area contributed by atoms with E-state index in [4.69, 9.17) is 9.47 Å². The van der Waals surface area contributed by atoms with Crippen LogP contribution in [0.3, 0.4) is 0 Å². The number of alkyl halides is 1. The summed E-state index contributed by atoms with van der Waals surface area (Å²) in [4.78, 5) is 21.9. The molecule has 4 nitrogen and oxygen atoms in total. The van der Waals surface area contributed by atoms with Crippen LogP contribution in [0.2, 0.25) is 0 Å². The van der Waals surface area contributed by atoms with Gasteiger partial charge in [0.25, 0.3) is 0 Å². The SMILES string of the molecule is CCC(=O)OCCOC(=O)C(C)(C)Br. The van der Waals surface area contributed by atoms with E-state index in [2.05, 4.69) is 15.9 Å². The monoisotopic (exact) mass is 266 g/mol. The zero-order valence-corrected chi connectivity index (χ0v) is 10.2. The van der Waals surface area contributed by atoms with E-state index in [1.807, 2.05) is 0 Å². The molecular formula is C9H15BrO4. The summed E-state index contributed by atoms with van der Waals surface area (Å²) in [6.07, 6.45) is 0.331. The maximum Gasteiger partial charge on any atom is 0.322 e. The normalized spacial score (nSPS) is 10.9. The van der Waals surface area contributed by atoms with Crippen molar-refractivity contribution in [2.75, 3.05) is 13.2 Å². The van der Waals surface area contributed by atoms with Gasteiger partial charge >= 0.3 is 11.9 Å². The molecule has 0 aromatic heterocycles. The summed E-state index contributed by atoms with van der Waals surface area (Å²) in [5.41, 5.74) is 0. The number of ether oxygens (including phenoxy) is 2. The summed E-state index contributed by atoms with van der Waals surface area (Å²) in [5.74, 6) is -0.663. The average molecular weight is 267 g/mol. The van der Waals surface area contributed by atoms with E-state index in [0.29, 0.717) is 6.42 Å². The lowest BCUT2D eigenvalue weighted by Crippen LogP contribution is -2.28. The number of esters is 2. The molecule has 0 saturated heterocycles. The minimum atomic E-state index is -0.693. The minimum Gasteiger partial charge on any atom is -0.462 e. The van der Waals surface area contributed by atoms with E-state index in [-0.39, 0.29) is 25.2 Å². The van der Waals surface area contributed by atoms with Crippen LogP contribution < -0.4 is 0 Å². The molecule has 0 amide bonds. The molecule has 0 aromatic rings. The van der Waals surface area contributed by atoms with Crippen LogP contribution in [0, 0.1) is 0 Å². The molecule has 0 N–H and O–H groups in total. The molecular weight excluding hydrogens is 252 g/mol. The number of carbonyl (C=O) groups is 2. The summed E-state index contributed by atoms with van der Waals surface area (Å²) in [7, 11) is 0. The lowest BCUT2D eigenvalue weighted by molar-refractivity contribution is -0.153. The standard InChI is InChI=1S/C9H15BrO4/c1-4-7(11)13-5-6-14-8(12)9(2,3)10/h4-6H2,1-3H3. The fraction of sp³-hybridized carbons (Fsp3) is 0.778. The van der Waals surface area contributed by atoms with Crippen molar-refractivity contribution in [1.29, 1.82) is 0 Å². The molecule has 14 heavy (non-hydrogen) atoms. The van der Waals surface area contributed by atoms with E-state index < -0.39 is 4.32 Å². The highest BCUT2D eigenvalue weighted by molar-refractivity contribution is 9.10. The Bertz CT molecular complexity index is 207. The molecule has 82 valence electrons. The minimum absolute atomic E-state index is 0.0968. The number of rotatable bonds is 5. The van der Waals surface area contributed by atoms with Crippen molar-refractivity contribution in [1.82, 2.24) is 0 Å². The van der Waals surface area contributed by atoms with Crippen molar-refractivity contribution >= 4 is 27.9 Å². The van der Waals surface area contributed by atoms with E-state index in [0.717, 1.165) is 0 Å². The smallest absolute Gasteiger partial charge is 0.322 e. The van der Waals surface area contributed by atoms with Crippen molar-refractivity contribution in [2.24, 2.45) is 0 Å². The molecule has 0 aromatic carbocycles. The Hall–Kier alpha value is -0.580. The third-order valence-corrected chi connectivity index (χ3v) is 1.68. The van der Waals surface area contributed by atoms with Crippen molar-refractivity contribution in [2.45, 2.75) is 31.5 Å². The first-order valence-corrected chi connectivity index (χ1v) is 5.19. The molecule has 0 fully saturated rings. The molecule has 0 bridgehead atoms. The Labute approximate surface area is 92.1 Å². The second-order valence-corrected chi connectivity index (χ2v) is 5.16. The van der Waals surface area contributed by atoms with Crippen LogP contribution in [-0.4, -0.2) is 29.5 Å². The van der Waals surface area contributed by atoms with Crippen LogP contribution in [0.5, 0.6) is 0 Å². The van der Waals surface area contributed by atoms with Gasteiger partial charge in [-0.25, -0.2) is 0 Å². The maximum atomic E-state index is 11.2. The van der Waals surface area contributed by atoms with Crippen LogP contribution in [0.1, 0.15) is 27.2 Å². The largest absolute Gasteiger partial charge is 0.462 e. The van der Waals surface area contributed by atoms with Gasteiger partial charge in [-0.1, -0.05) is 22.9 Å². The zero-order chi connectivity index (χ0) is 11.2. The number of hydrogen-bond donors (Lipinski definition) is 0. The quantitative estimate of drug-likeness (QED) is 0.432. The van der Waals surface area contributed by atoms with Gasteiger partial charge in [0, 0.05) is 6.42 Å². The van der Waals surface area contributed by atoms with Gasteiger partial charge in [-0.2, -0.15) is 0 Å². The number of hydrogen-bond acceptors (Lipinski definition) is 4. The van der Waals surface area contributed by atoms with E-state index in [1.54, 1.807) is 20.8 Å². The number of carbonyl (C=O) groups excluding carboxylic acids is 2. The molecule has 0 saturated carbocycles. The van der Waals surface area contributed by atoms with Gasteiger partial charge in [-0.15, -0.1) is 0 Å². The Morgan fingerprint density at radius 2 is 1.71 bits per heavy atom. The van der Waals surface area contributed by atoms with Gasteiger partial charge in [0.05, 0.1) is 0 Å². The van der Waals surface area contributed by atoms with Gasteiger partial charge in [0.1, 0.15) is 17.5 Å². The first-order chi connectivity index (χ1) is 6.38. The molecule has 0 aliphatic rings. The summed E-state index contributed by atoms with van der Waals surface area (Å²) in [6.45, 7) is 5.29.